The number of anilines is 1. The van der Waals surface area contributed by atoms with E-state index in [-0.39, 0.29) is 12.1 Å². The van der Waals surface area contributed by atoms with Gasteiger partial charge in [0.15, 0.2) is 11.6 Å². The van der Waals surface area contributed by atoms with Crippen LogP contribution < -0.4 is 15.8 Å². The first kappa shape index (κ1) is 12.9. The number of nitrogens with zero attached hydrogens (tertiary/aromatic N) is 1. The molecule has 1 heterocycles. The van der Waals surface area contributed by atoms with Gasteiger partial charge in [0.2, 0.25) is 0 Å². The van der Waals surface area contributed by atoms with Crippen molar-refractivity contribution in [2.45, 2.75) is 25.4 Å². The van der Waals surface area contributed by atoms with Crippen molar-refractivity contribution < 1.29 is 4.74 Å². The molecule has 0 amide bonds. The topological polar surface area (TPSA) is 60.2 Å². The molecular formula is C16H19N3O. The number of aromatic nitrogens is 1. The van der Waals surface area contributed by atoms with E-state index in [0.29, 0.717) is 6.61 Å². The number of benzene rings is 1. The van der Waals surface area contributed by atoms with E-state index in [9.17, 15) is 0 Å². The van der Waals surface area contributed by atoms with Gasteiger partial charge in [0.05, 0.1) is 12.6 Å². The van der Waals surface area contributed by atoms with Crippen molar-refractivity contribution >= 4 is 5.82 Å². The van der Waals surface area contributed by atoms with Crippen LogP contribution in [0.1, 0.15) is 24.1 Å². The highest BCUT2D eigenvalue weighted by atomic mass is 16.5. The Balaban J connectivity index is 1.88. The maximum absolute atomic E-state index is 6.27. The molecule has 1 aliphatic rings. The Bertz CT molecular complexity index is 600. The fourth-order valence-electron chi connectivity index (χ4n) is 2.73. The van der Waals surface area contributed by atoms with Crippen molar-refractivity contribution in [3.05, 3.63) is 53.7 Å². The van der Waals surface area contributed by atoms with Crippen LogP contribution in [0, 0.1) is 0 Å². The number of nitrogens with two attached hydrogens (primary N) is 1. The van der Waals surface area contributed by atoms with Crippen LogP contribution in [0.3, 0.4) is 0 Å². The molecule has 0 aliphatic heterocycles. The molecule has 104 valence electrons. The summed E-state index contributed by atoms with van der Waals surface area (Å²) in [6.45, 7) is 2.58. The molecule has 20 heavy (non-hydrogen) atoms. The van der Waals surface area contributed by atoms with E-state index in [1.165, 1.54) is 11.1 Å². The minimum atomic E-state index is 0.0592. The maximum atomic E-state index is 6.27. The Morgan fingerprint density at radius 3 is 3.00 bits per heavy atom. The molecule has 2 atom stereocenters. The molecule has 4 heteroatoms. The second kappa shape index (κ2) is 5.51. The largest absolute Gasteiger partial charge is 0.490 e. The fourth-order valence-corrected chi connectivity index (χ4v) is 2.73. The Morgan fingerprint density at radius 1 is 1.30 bits per heavy atom. The zero-order chi connectivity index (χ0) is 13.9. The number of hydrogen-bond donors (Lipinski definition) is 2. The molecule has 0 saturated heterocycles. The highest BCUT2D eigenvalue weighted by molar-refractivity contribution is 5.53. The van der Waals surface area contributed by atoms with E-state index >= 15 is 0 Å². The van der Waals surface area contributed by atoms with Crippen LogP contribution >= 0.6 is 0 Å². The van der Waals surface area contributed by atoms with E-state index in [4.69, 9.17) is 10.5 Å². The average Bonchev–Trinajstić information content (AvgIpc) is 2.78. The molecule has 3 rings (SSSR count). The summed E-state index contributed by atoms with van der Waals surface area (Å²) < 4.78 is 5.60. The molecule has 4 nitrogen and oxygen atoms in total. The van der Waals surface area contributed by atoms with Gasteiger partial charge in [-0.15, -0.1) is 0 Å². The van der Waals surface area contributed by atoms with Crippen molar-refractivity contribution in [3.63, 3.8) is 0 Å². The lowest BCUT2D eigenvalue weighted by atomic mass is 10.1. The van der Waals surface area contributed by atoms with Crippen molar-refractivity contribution in [1.82, 2.24) is 4.98 Å². The highest BCUT2D eigenvalue weighted by Crippen LogP contribution is 2.34. The molecule has 0 bridgehead atoms. The predicted octanol–water partition coefficient (Wildman–Crippen LogP) is 2.52. The first-order valence-electron chi connectivity index (χ1n) is 6.97. The lowest BCUT2D eigenvalue weighted by Crippen LogP contribution is -2.30. The minimum absolute atomic E-state index is 0.0592. The first-order chi connectivity index (χ1) is 9.79. The summed E-state index contributed by atoms with van der Waals surface area (Å²) in [4.78, 5) is 4.38. The molecule has 1 aromatic carbocycles. The molecule has 1 aromatic heterocycles. The number of rotatable bonds is 4. The molecule has 3 N–H and O–H groups in total. The maximum Gasteiger partial charge on any atom is 0.169 e. The predicted molar refractivity (Wildman–Crippen MR) is 79.9 cm³/mol. The highest BCUT2D eigenvalue weighted by Gasteiger charge is 2.30. The second-order valence-electron chi connectivity index (χ2n) is 4.97. The summed E-state index contributed by atoms with van der Waals surface area (Å²) in [6, 6.07) is 12.3. The van der Waals surface area contributed by atoms with Gasteiger partial charge in [-0.1, -0.05) is 24.3 Å². The third-order valence-electron chi connectivity index (χ3n) is 3.64. The van der Waals surface area contributed by atoms with Crippen LogP contribution in [0.5, 0.6) is 5.75 Å². The van der Waals surface area contributed by atoms with Gasteiger partial charge >= 0.3 is 0 Å². The van der Waals surface area contributed by atoms with Crippen molar-refractivity contribution in [2.24, 2.45) is 5.73 Å². The summed E-state index contributed by atoms with van der Waals surface area (Å²) in [6.07, 6.45) is 2.65. The number of ether oxygens (including phenoxy) is 1. The molecule has 0 saturated carbocycles. The van der Waals surface area contributed by atoms with Gasteiger partial charge in [-0.05, 0) is 36.6 Å². The lowest BCUT2D eigenvalue weighted by molar-refractivity contribution is 0.340. The monoisotopic (exact) mass is 269 g/mol. The Morgan fingerprint density at radius 2 is 2.15 bits per heavy atom. The van der Waals surface area contributed by atoms with Crippen LogP contribution in [0.4, 0.5) is 5.82 Å². The number of fused-ring (bicyclic) bond motifs is 1. The normalized spacial score (nSPS) is 20.5. The molecular weight excluding hydrogens is 250 g/mol. The Labute approximate surface area is 119 Å². The molecule has 1 aliphatic carbocycles. The fraction of sp³-hybridized carbons (Fsp3) is 0.312. The summed E-state index contributed by atoms with van der Waals surface area (Å²) in [5, 5.41) is 3.44. The van der Waals surface area contributed by atoms with Gasteiger partial charge in [-0.2, -0.15) is 0 Å². The Hall–Kier alpha value is -2.07. The third-order valence-corrected chi connectivity index (χ3v) is 3.64. The minimum Gasteiger partial charge on any atom is -0.490 e. The van der Waals surface area contributed by atoms with E-state index in [2.05, 4.69) is 28.5 Å². The summed E-state index contributed by atoms with van der Waals surface area (Å²) in [5.74, 6) is 1.53. The second-order valence-corrected chi connectivity index (χ2v) is 4.97. The standard InChI is InChI=1S/C16H19N3O/c1-2-20-14-8-5-9-18-16(14)19-15-12-7-4-3-6-11(12)10-13(15)17/h3-9,13,15H,2,10,17H2,1H3,(H,18,19). The van der Waals surface area contributed by atoms with Gasteiger partial charge in [0.25, 0.3) is 0 Å². The number of nitrogens with one attached hydrogen (secondary N) is 1. The SMILES string of the molecule is CCOc1cccnc1NC1c2ccccc2CC1N. The zero-order valence-electron chi connectivity index (χ0n) is 11.5. The lowest BCUT2D eigenvalue weighted by Gasteiger charge is -2.20. The van der Waals surface area contributed by atoms with Gasteiger partial charge in [-0.3, -0.25) is 0 Å². The quantitative estimate of drug-likeness (QED) is 0.895. The van der Waals surface area contributed by atoms with Gasteiger partial charge in [-0.25, -0.2) is 4.98 Å². The van der Waals surface area contributed by atoms with Gasteiger partial charge in [0.1, 0.15) is 0 Å². The van der Waals surface area contributed by atoms with Crippen LogP contribution in [0.15, 0.2) is 42.6 Å². The Kier molecular flexibility index (Phi) is 3.56. The van der Waals surface area contributed by atoms with Crippen LogP contribution in [-0.2, 0) is 6.42 Å². The van der Waals surface area contributed by atoms with Crippen LogP contribution in [0.25, 0.3) is 0 Å². The molecule has 0 spiro atoms. The third kappa shape index (κ3) is 2.34. The van der Waals surface area contributed by atoms with Crippen molar-refractivity contribution in [3.8, 4) is 5.75 Å². The summed E-state index contributed by atoms with van der Waals surface area (Å²) in [5.41, 5.74) is 8.84. The van der Waals surface area contributed by atoms with E-state index in [1.54, 1.807) is 6.20 Å². The van der Waals surface area contributed by atoms with Gasteiger partial charge in [0, 0.05) is 12.2 Å². The molecule has 0 radical (unpaired) electrons. The average molecular weight is 269 g/mol. The number of pyridine rings is 1. The van der Waals surface area contributed by atoms with Crippen LogP contribution in [-0.4, -0.2) is 17.6 Å². The number of hydrogen-bond acceptors (Lipinski definition) is 4. The first-order valence-corrected chi connectivity index (χ1v) is 6.97. The van der Waals surface area contributed by atoms with E-state index in [1.807, 2.05) is 25.1 Å². The summed E-state index contributed by atoms with van der Waals surface area (Å²) >= 11 is 0. The summed E-state index contributed by atoms with van der Waals surface area (Å²) in [7, 11) is 0. The smallest absolute Gasteiger partial charge is 0.169 e. The molecule has 0 fully saturated rings. The van der Waals surface area contributed by atoms with Gasteiger partial charge < -0.3 is 15.8 Å². The molecule has 2 unspecified atom stereocenters. The van der Waals surface area contributed by atoms with E-state index < -0.39 is 0 Å². The zero-order valence-corrected chi connectivity index (χ0v) is 11.5. The van der Waals surface area contributed by atoms with Crippen LogP contribution in [0.2, 0.25) is 0 Å². The van der Waals surface area contributed by atoms with E-state index in [0.717, 1.165) is 18.0 Å². The van der Waals surface area contributed by atoms with Crippen molar-refractivity contribution in [1.29, 1.82) is 0 Å². The van der Waals surface area contributed by atoms with Crippen molar-refractivity contribution in [2.75, 3.05) is 11.9 Å². The molecule has 2 aromatic rings.